The lowest BCUT2D eigenvalue weighted by atomic mass is 10.1. The van der Waals surface area contributed by atoms with Crippen LogP contribution in [0, 0.1) is 6.92 Å². The van der Waals surface area contributed by atoms with E-state index in [4.69, 9.17) is 4.74 Å². The maximum absolute atomic E-state index is 13.0. The van der Waals surface area contributed by atoms with Crippen LogP contribution < -0.4 is 4.74 Å². The Balaban J connectivity index is 1.24. The van der Waals surface area contributed by atoms with Gasteiger partial charge in [0.15, 0.2) is 5.78 Å². The van der Waals surface area contributed by atoms with E-state index >= 15 is 0 Å². The van der Waals surface area contributed by atoms with Crippen molar-refractivity contribution in [2.45, 2.75) is 18.0 Å². The van der Waals surface area contributed by atoms with Gasteiger partial charge in [-0.05, 0) is 60.5 Å². The standard InChI is InChI=1S/C31H29F3N2O5S/c1-23-5-7-24(8-6-23)9-13-27(37)14-10-25-11-15-28(16-12-25)41-20-19-35-17-18-36(22-30(35)38)42(39,40)29-4-2-3-26(21-29)31(32,33)34/h2-16,21H,17-20,22H2,1H3. The van der Waals surface area contributed by atoms with Crippen molar-refractivity contribution >= 4 is 33.9 Å². The molecule has 1 heterocycles. The second-order valence-electron chi connectivity index (χ2n) is 9.64. The van der Waals surface area contributed by atoms with Crippen molar-refractivity contribution in [3.05, 3.63) is 107 Å². The molecular formula is C31H29F3N2O5S. The van der Waals surface area contributed by atoms with Crippen molar-refractivity contribution in [3.8, 4) is 5.75 Å². The monoisotopic (exact) mass is 598 g/mol. The summed E-state index contributed by atoms with van der Waals surface area (Å²) in [5.74, 6) is -0.0683. The third-order valence-corrected chi connectivity index (χ3v) is 8.39. The first-order chi connectivity index (χ1) is 19.9. The number of carbonyl (C=O) groups excluding carboxylic acids is 2. The number of amides is 1. The predicted octanol–water partition coefficient (Wildman–Crippen LogP) is 5.22. The average molecular weight is 599 g/mol. The molecule has 3 aromatic carbocycles. The van der Waals surface area contributed by atoms with E-state index in [0.29, 0.717) is 11.8 Å². The molecule has 0 aliphatic carbocycles. The smallest absolute Gasteiger partial charge is 0.416 e. The van der Waals surface area contributed by atoms with Crippen LogP contribution in [0.15, 0.2) is 89.8 Å². The van der Waals surface area contributed by atoms with E-state index in [1.54, 1.807) is 36.4 Å². The molecule has 0 N–H and O–H groups in total. The highest BCUT2D eigenvalue weighted by Gasteiger charge is 2.35. The molecule has 7 nitrogen and oxygen atoms in total. The van der Waals surface area contributed by atoms with Crippen molar-refractivity contribution < 1.29 is 35.9 Å². The van der Waals surface area contributed by atoms with Crippen LogP contribution in [0.25, 0.3) is 12.2 Å². The number of hydrogen-bond acceptors (Lipinski definition) is 5. The summed E-state index contributed by atoms with van der Waals surface area (Å²) >= 11 is 0. The average Bonchev–Trinajstić information content (AvgIpc) is 2.97. The Hall–Kier alpha value is -4.22. The molecule has 0 saturated carbocycles. The van der Waals surface area contributed by atoms with Gasteiger partial charge in [0.2, 0.25) is 15.9 Å². The van der Waals surface area contributed by atoms with Crippen molar-refractivity contribution in [2.24, 2.45) is 0 Å². The highest BCUT2D eigenvalue weighted by atomic mass is 32.2. The number of hydrogen-bond donors (Lipinski definition) is 0. The Kier molecular flexibility index (Phi) is 9.64. The fourth-order valence-electron chi connectivity index (χ4n) is 4.15. The predicted molar refractivity (Wildman–Crippen MR) is 153 cm³/mol. The largest absolute Gasteiger partial charge is 0.492 e. The second-order valence-corrected chi connectivity index (χ2v) is 11.6. The summed E-state index contributed by atoms with van der Waals surface area (Å²) in [7, 11) is -4.27. The maximum Gasteiger partial charge on any atom is 0.416 e. The van der Waals surface area contributed by atoms with Gasteiger partial charge in [-0.3, -0.25) is 9.59 Å². The van der Waals surface area contributed by atoms with Gasteiger partial charge < -0.3 is 9.64 Å². The number of sulfonamides is 1. The lowest BCUT2D eigenvalue weighted by Gasteiger charge is -2.33. The number of aryl methyl sites for hydroxylation is 1. The number of ketones is 1. The van der Waals surface area contributed by atoms with Gasteiger partial charge in [0.25, 0.3) is 0 Å². The van der Waals surface area contributed by atoms with Gasteiger partial charge in [-0.1, -0.05) is 60.2 Å². The van der Waals surface area contributed by atoms with Gasteiger partial charge in [-0.15, -0.1) is 0 Å². The van der Waals surface area contributed by atoms with Crippen molar-refractivity contribution in [1.29, 1.82) is 0 Å². The summed E-state index contributed by atoms with van der Waals surface area (Å²) in [4.78, 5) is 25.7. The Morgan fingerprint density at radius 3 is 2.14 bits per heavy atom. The molecule has 0 spiro atoms. The molecule has 0 aromatic heterocycles. The lowest BCUT2D eigenvalue weighted by Crippen LogP contribution is -2.52. The van der Waals surface area contributed by atoms with E-state index in [1.165, 1.54) is 17.1 Å². The first-order valence-corrected chi connectivity index (χ1v) is 14.5. The van der Waals surface area contributed by atoms with Gasteiger partial charge in [-0.25, -0.2) is 8.42 Å². The van der Waals surface area contributed by atoms with E-state index in [9.17, 15) is 31.2 Å². The third-order valence-electron chi connectivity index (χ3n) is 6.55. The van der Waals surface area contributed by atoms with E-state index in [-0.39, 0.29) is 32.0 Å². The molecule has 1 saturated heterocycles. The number of nitrogens with zero attached hydrogens (tertiary/aromatic N) is 2. The molecular weight excluding hydrogens is 569 g/mol. The lowest BCUT2D eigenvalue weighted by molar-refractivity contribution is -0.138. The Labute approximate surface area is 242 Å². The van der Waals surface area contributed by atoms with Crippen LogP contribution in [0.2, 0.25) is 0 Å². The molecule has 0 unspecified atom stereocenters. The molecule has 1 amide bonds. The molecule has 0 bridgehead atoms. The normalized spacial score (nSPS) is 15.0. The van der Waals surface area contributed by atoms with E-state index in [0.717, 1.165) is 39.2 Å². The minimum Gasteiger partial charge on any atom is -0.492 e. The quantitative estimate of drug-likeness (QED) is 0.299. The molecule has 1 fully saturated rings. The summed E-state index contributed by atoms with van der Waals surface area (Å²) in [6.07, 6.45) is 1.73. The molecule has 0 atom stereocenters. The van der Waals surface area contributed by atoms with Gasteiger partial charge >= 0.3 is 6.18 Å². The van der Waals surface area contributed by atoms with E-state index in [1.807, 2.05) is 31.2 Å². The van der Waals surface area contributed by atoms with Crippen molar-refractivity contribution in [3.63, 3.8) is 0 Å². The second kappa shape index (κ2) is 13.2. The molecule has 3 aromatic rings. The molecule has 220 valence electrons. The molecule has 1 aliphatic heterocycles. The fourth-order valence-corrected chi connectivity index (χ4v) is 5.58. The van der Waals surface area contributed by atoms with Crippen LogP contribution >= 0.6 is 0 Å². The summed E-state index contributed by atoms with van der Waals surface area (Å²) in [6.45, 7) is 1.91. The number of alkyl halides is 3. The molecule has 1 aliphatic rings. The van der Waals surface area contributed by atoms with Crippen LogP contribution in [-0.2, 0) is 25.8 Å². The van der Waals surface area contributed by atoms with Crippen molar-refractivity contribution in [1.82, 2.24) is 9.21 Å². The number of benzene rings is 3. The Morgan fingerprint density at radius 1 is 0.929 bits per heavy atom. The molecule has 42 heavy (non-hydrogen) atoms. The molecule has 4 rings (SSSR count). The van der Waals surface area contributed by atoms with Crippen LogP contribution in [0.1, 0.15) is 22.3 Å². The van der Waals surface area contributed by atoms with E-state index < -0.39 is 39.1 Å². The number of carbonyl (C=O) groups is 2. The van der Waals surface area contributed by atoms with Crippen molar-refractivity contribution in [2.75, 3.05) is 32.8 Å². The zero-order chi connectivity index (χ0) is 30.3. The van der Waals surface area contributed by atoms with Gasteiger partial charge in [-0.2, -0.15) is 17.5 Å². The summed E-state index contributed by atoms with van der Waals surface area (Å²) in [5, 5.41) is 0. The van der Waals surface area contributed by atoms with Gasteiger partial charge in [0.1, 0.15) is 12.4 Å². The van der Waals surface area contributed by atoms with Gasteiger partial charge in [0.05, 0.1) is 23.5 Å². The Morgan fingerprint density at radius 2 is 1.55 bits per heavy atom. The highest BCUT2D eigenvalue weighted by Crippen LogP contribution is 2.31. The zero-order valence-electron chi connectivity index (χ0n) is 22.8. The van der Waals surface area contributed by atoms with Crippen LogP contribution in [0.3, 0.4) is 0 Å². The Bertz CT molecular complexity index is 1580. The minimum absolute atomic E-state index is 0.0513. The SMILES string of the molecule is Cc1ccc(C=CC(=O)C=Cc2ccc(OCCN3CCN(S(=O)(=O)c4cccc(C(F)(F)F)c4)CC3=O)cc2)cc1. The van der Waals surface area contributed by atoms with Crippen LogP contribution in [0.5, 0.6) is 5.75 Å². The number of halogens is 3. The zero-order valence-corrected chi connectivity index (χ0v) is 23.6. The number of piperazine rings is 1. The molecule has 0 radical (unpaired) electrons. The summed E-state index contributed by atoms with van der Waals surface area (Å²) < 4.78 is 71.4. The first-order valence-electron chi connectivity index (χ1n) is 13.1. The minimum atomic E-state index is -4.68. The molecule has 11 heteroatoms. The topological polar surface area (TPSA) is 84.0 Å². The maximum atomic E-state index is 13.0. The fraction of sp³-hybridized carbons (Fsp3) is 0.226. The van der Waals surface area contributed by atoms with E-state index in [2.05, 4.69) is 0 Å². The van der Waals surface area contributed by atoms with Crippen LogP contribution in [-0.4, -0.2) is 62.1 Å². The highest BCUT2D eigenvalue weighted by molar-refractivity contribution is 7.89. The number of rotatable bonds is 10. The summed E-state index contributed by atoms with van der Waals surface area (Å²) in [5.41, 5.74) is 1.81. The number of allylic oxidation sites excluding steroid dienone is 2. The van der Waals surface area contributed by atoms with Crippen LogP contribution in [0.4, 0.5) is 13.2 Å². The first kappa shape index (κ1) is 30.7. The third kappa shape index (κ3) is 8.17. The number of ether oxygens (including phenoxy) is 1. The summed E-state index contributed by atoms with van der Waals surface area (Å²) in [6, 6.07) is 18.3. The van der Waals surface area contributed by atoms with Gasteiger partial charge in [0, 0.05) is 13.1 Å².